The number of carbonyl (C=O) groups excluding carboxylic acids is 2. The molecule has 8 heteroatoms. The Kier molecular flexibility index (Phi) is 6.57. The molecule has 1 amide bonds. The van der Waals surface area contributed by atoms with Crippen LogP contribution in [0.5, 0.6) is 5.75 Å². The number of esters is 1. The molecule has 0 bridgehead atoms. The van der Waals surface area contributed by atoms with Gasteiger partial charge in [0.2, 0.25) is 0 Å². The molecule has 0 aliphatic carbocycles. The average Bonchev–Trinajstić information content (AvgIpc) is 2.62. The summed E-state index contributed by atoms with van der Waals surface area (Å²) >= 11 is 0. The average molecular weight is 391 g/mol. The van der Waals surface area contributed by atoms with Crippen LogP contribution in [-0.4, -0.2) is 39.3 Å². The SMILES string of the molecule is CCOc1ccccc1NC(=O)[C@H](C)OC(=O)c1ccc(S(C)(=O)=O)cc1. The topological polar surface area (TPSA) is 98.8 Å². The van der Waals surface area contributed by atoms with E-state index in [1.165, 1.54) is 31.2 Å². The van der Waals surface area contributed by atoms with Gasteiger partial charge in [-0.3, -0.25) is 4.79 Å². The van der Waals surface area contributed by atoms with E-state index in [9.17, 15) is 18.0 Å². The second-order valence-electron chi connectivity index (χ2n) is 5.76. The Labute approximate surface area is 158 Å². The lowest BCUT2D eigenvalue weighted by Crippen LogP contribution is -2.30. The molecule has 2 aromatic rings. The molecule has 0 heterocycles. The molecule has 0 saturated heterocycles. The maximum absolute atomic E-state index is 12.3. The van der Waals surface area contributed by atoms with Crippen LogP contribution in [0.25, 0.3) is 0 Å². The van der Waals surface area contributed by atoms with Gasteiger partial charge in [0, 0.05) is 6.26 Å². The molecule has 0 aliphatic rings. The summed E-state index contributed by atoms with van der Waals surface area (Å²) in [5.74, 6) is -0.720. The predicted molar refractivity (Wildman–Crippen MR) is 101 cm³/mol. The normalized spacial score (nSPS) is 12.1. The van der Waals surface area contributed by atoms with E-state index >= 15 is 0 Å². The van der Waals surface area contributed by atoms with E-state index in [0.29, 0.717) is 18.0 Å². The zero-order chi connectivity index (χ0) is 20.0. The Hall–Kier alpha value is -2.87. The fourth-order valence-corrected chi connectivity index (χ4v) is 2.84. The van der Waals surface area contributed by atoms with Crippen LogP contribution in [0.1, 0.15) is 24.2 Å². The van der Waals surface area contributed by atoms with Gasteiger partial charge in [-0.05, 0) is 50.2 Å². The van der Waals surface area contributed by atoms with Crippen LogP contribution in [0.4, 0.5) is 5.69 Å². The minimum Gasteiger partial charge on any atom is -0.492 e. The summed E-state index contributed by atoms with van der Waals surface area (Å²) in [5, 5.41) is 2.66. The summed E-state index contributed by atoms with van der Waals surface area (Å²) in [4.78, 5) is 24.6. The molecule has 0 fully saturated rings. The van der Waals surface area contributed by atoms with Crippen LogP contribution in [0.3, 0.4) is 0 Å². The third kappa shape index (κ3) is 5.55. The largest absolute Gasteiger partial charge is 0.492 e. The van der Waals surface area contributed by atoms with Crippen molar-refractivity contribution in [2.24, 2.45) is 0 Å². The predicted octanol–water partition coefficient (Wildman–Crippen LogP) is 2.67. The number of rotatable bonds is 7. The van der Waals surface area contributed by atoms with Crippen molar-refractivity contribution in [3.8, 4) is 5.75 Å². The van der Waals surface area contributed by atoms with E-state index in [1.54, 1.807) is 24.3 Å². The highest BCUT2D eigenvalue weighted by atomic mass is 32.2. The van der Waals surface area contributed by atoms with Crippen LogP contribution in [0.15, 0.2) is 53.4 Å². The molecule has 0 spiro atoms. The smallest absolute Gasteiger partial charge is 0.338 e. The molecular formula is C19H21NO6S. The monoisotopic (exact) mass is 391 g/mol. The Morgan fingerprint density at radius 3 is 2.30 bits per heavy atom. The van der Waals surface area contributed by atoms with Crippen LogP contribution < -0.4 is 10.1 Å². The van der Waals surface area contributed by atoms with Crippen molar-refractivity contribution in [2.45, 2.75) is 24.8 Å². The summed E-state index contributed by atoms with van der Waals surface area (Å²) in [6, 6.07) is 12.2. The molecule has 0 saturated carbocycles. The highest BCUT2D eigenvalue weighted by Crippen LogP contribution is 2.24. The fourth-order valence-electron chi connectivity index (χ4n) is 2.21. The van der Waals surface area contributed by atoms with Gasteiger partial charge in [-0.2, -0.15) is 0 Å². The van der Waals surface area contributed by atoms with Gasteiger partial charge in [0.25, 0.3) is 5.91 Å². The van der Waals surface area contributed by atoms with E-state index in [4.69, 9.17) is 9.47 Å². The van der Waals surface area contributed by atoms with Gasteiger partial charge >= 0.3 is 5.97 Å². The van der Waals surface area contributed by atoms with Gasteiger partial charge in [-0.25, -0.2) is 13.2 Å². The number of para-hydroxylation sites is 2. The van der Waals surface area contributed by atoms with Crippen LogP contribution in [0.2, 0.25) is 0 Å². The Balaban J connectivity index is 2.03. The van der Waals surface area contributed by atoms with Crippen molar-refractivity contribution in [3.63, 3.8) is 0 Å². The van der Waals surface area contributed by atoms with Gasteiger partial charge in [0.05, 0.1) is 22.8 Å². The number of amides is 1. The molecule has 0 radical (unpaired) electrons. The number of carbonyl (C=O) groups is 2. The van der Waals surface area contributed by atoms with Gasteiger partial charge in [0.15, 0.2) is 15.9 Å². The van der Waals surface area contributed by atoms with Gasteiger partial charge in [0.1, 0.15) is 5.75 Å². The minimum absolute atomic E-state index is 0.0948. The first-order valence-electron chi connectivity index (χ1n) is 8.26. The molecule has 1 atom stereocenters. The maximum Gasteiger partial charge on any atom is 0.338 e. The zero-order valence-corrected chi connectivity index (χ0v) is 16.1. The number of hydrogen-bond acceptors (Lipinski definition) is 6. The summed E-state index contributed by atoms with van der Waals surface area (Å²) in [7, 11) is -3.35. The first kappa shape index (κ1) is 20.4. The van der Waals surface area contributed by atoms with Crippen LogP contribution in [-0.2, 0) is 19.4 Å². The zero-order valence-electron chi connectivity index (χ0n) is 15.3. The highest BCUT2D eigenvalue weighted by Gasteiger charge is 2.20. The third-order valence-electron chi connectivity index (χ3n) is 3.62. The summed E-state index contributed by atoms with van der Waals surface area (Å²) in [5.41, 5.74) is 0.626. The van der Waals surface area contributed by atoms with Crippen molar-refractivity contribution in [1.29, 1.82) is 0 Å². The molecule has 0 aliphatic heterocycles. The number of benzene rings is 2. The lowest BCUT2D eigenvalue weighted by Gasteiger charge is -2.15. The molecule has 144 valence electrons. The van der Waals surface area contributed by atoms with Crippen LogP contribution in [0, 0.1) is 0 Å². The number of hydrogen-bond donors (Lipinski definition) is 1. The number of nitrogens with one attached hydrogen (secondary N) is 1. The maximum atomic E-state index is 12.3. The van der Waals surface area contributed by atoms with E-state index < -0.39 is 27.8 Å². The second-order valence-corrected chi connectivity index (χ2v) is 7.78. The standard InChI is InChI=1S/C19H21NO6S/c1-4-25-17-8-6-5-7-16(17)20-18(21)13(2)26-19(22)14-9-11-15(12-10-14)27(3,23)24/h5-13H,4H2,1-3H3,(H,20,21)/t13-/m0/s1. The molecule has 7 nitrogen and oxygen atoms in total. The molecule has 0 aromatic heterocycles. The quantitative estimate of drug-likeness (QED) is 0.729. The fraction of sp³-hybridized carbons (Fsp3) is 0.263. The molecule has 27 heavy (non-hydrogen) atoms. The summed E-state index contributed by atoms with van der Waals surface area (Å²) in [6.45, 7) is 3.72. The lowest BCUT2D eigenvalue weighted by molar-refractivity contribution is -0.123. The lowest BCUT2D eigenvalue weighted by atomic mass is 10.2. The Morgan fingerprint density at radius 1 is 1.07 bits per heavy atom. The van der Waals surface area contributed by atoms with E-state index in [-0.39, 0.29) is 10.5 Å². The molecule has 1 N–H and O–H groups in total. The first-order valence-corrected chi connectivity index (χ1v) is 10.1. The van der Waals surface area contributed by atoms with Crippen molar-refractivity contribution in [2.75, 3.05) is 18.2 Å². The van der Waals surface area contributed by atoms with Crippen molar-refractivity contribution < 1.29 is 27.5 Å². The minimum atomic E-state index is -3.35. The number of ether oxygens (including phenoxy) is 2. The first-order chi connectivity index (χ1) is 12.7. The highest BCUT2D eigenvalue weighted by molar-refractivity contribution is 7.90. The van der Waals surface area contributed by atoms with Crippen molar-refractivity contribution in [1.82, 2.24) is 0 Å². The second kappa shape index (κ2) is 8.68. The Morgan fingerprint density at radius 2 is 1.70 bits per heavy atom. The molecular weight excluding hydrogens is 370 g/mol. The third-order valence-corrected chi connectivity index (χ3v) is 4.74. The number of anilines is 1. The van der Waals surface area contributed by atoms with Crippen LogP contribution >= 0.6 is 0 Å². The Bertz CT molecular complexity index is 921. The van der Waals surface area contributed by atoms with Gasteiger partial charge in [-0.15, -0.1) is 0 Å². The van der Waals surface area contributed by atoms with Crippen molar-refractivity contribution in [3.05, 3.63) is 54.1 Å². The summed E-state index contributed by atoms with van der Waals surface area (Å²) < 4.78 is 33.5. The van der Waals surface area contributed by atoms with E-state index in [0.717, 1.165) is 6.26 Å². The van der Waals surface area contributed by atoms with Gasteiger partial charge < -0.3 is 14.8 Å². The summed E-state index contributed by atoms with van der Waals surface area (Å²) in [6.07, 6.45) is 0.0223. The van der Waals surface area contributed by atoms with E-state index in [1.807, 2.05) is 6.92 Å². The number of sulfone groups is 1. The van der Waals surface area contributed by atoms with E-state index in [2.05, 4.69) is 5.32 Å². The molecule has 2 aromatic carbocycles. The molecule has 0 unspecified atom stereocenters. The molecule has 2 rings (SSSR count). The van der Waals surface area contributed by atoms with Crippen molar-refractivity contribution >= 4 is 27.4 Å². The van der Waals surface area contributed by atoms with Gasteiger partial charge in [-0.1, -0.05) is 12.1 Å².